The summed E-state index contributed by atoms with van der Waals surface area (Å²) >= 11 is 0. The number of amides is 1. The van der Waals surface area contributed by atoms with Gasteiger partial charge in [0.05, 0.1) is 24.6 Å². The Bertz CT molecular complexity index is 903. The summed E-state index contributed by atoms with van der Waals surface area (Å²) in [6.07, 6.45) is 2.66. The molecule has 0 aliphatic carbocycles. The highest BCUT2D eigenvalue weighted by Gasteiger charge is 2.13. The third-order valence-corrected chi connectivity index (χ3v) is 4.00. The number of aromatic nitrogens is 3. The zero-order valence-corrected chi connectivity index (χ0v) is 15.0. The number of carbonyl (C=O) groups excluding carboxylic acids is 1. The number of carbonyl (C=O) groups is 1. The maximum absolute atomic E-state index is 11.6. The lowest BCUT2D eigenvalue weighted by atomic mass is 10.1. The summed E-state index contributed by atoms with van der Waals surface area (Å²) in [7, 11) is 1.60. The first-order valence-electron chi connectivity index (χ1n) is 8.45. The van der Waals surface area contributed by atoms with Crippen molar-refractivity contribution in [1.29, 1.82) is 0 Å². The molecule has 0 radical (unpaired) electrons. The summed E-state index contributed by atoms with van der Waals surface area (Å²) in [6.45, 7) is 4.07. The molecule has 0 saturated heterocycles. The van der Waals surface area contributed by atoms with Crippen LogP contribution in [-0.2, 0) is 4.74 Å². The van der Waals surface area contributed by atoms with Crippen LogP contribution in [0.4, 0.5) is 0 Å². The molecule has 0 bridgehead atoms. The van der Waals surface area contributed by atoms with E-state index in [1.807, 2.05) is 32.0 Å². The van der Waals surface area contributed by atoms with E-state index in [-0.39, 0.29) is 18.6 Å². The predicted octanol–water partition coefficient (Wildman–Crippen LogP) is 2.24. The van der Waals surface area contributed by atoms with Crippen molar-refractivity contribution in [1.82, 2.24) is 20.1 Å². The molecule has 1 atom stereocenters. The normalized spacial score (nSPS) is 12.5. The van der Waals surface area contributed by atoms with Gasteiger partial charge in [-0.1, -0.05) is 0 Å². The van der Waals surface area contributed by atoms with Crippen molar-refractivity contribution >= 4 is 16.9 Å². The Labute approximate surface area is 151 Å². The Morgan fingerprint density at radius 1 is 1.27 bits per heavy atom. The molecule has 2 heterocycles. The van der Waals surface area contributed by atoms with E-state index in [1.54, 1.807) is 36.3 Å². The van der Waals surface area contributed by atoms with Crippen LogP contribution in [0.15, 0.2) is 42.7 Å². The Balaban J connectivity index is 1.86. The quantitative estimate of drug-likeness (QED) is 0.709. The summed E-state index contributed by atoms with van der Waals surface area (Å²) in [5, 5.41) is 18.0. The average Bonchev–Trinajstić information content (AvgIpc) is 3.08. The van der Waals surface area contributed by atoms with E-state index in [9.17, 15) is 9.90 Å². The van der Waals surface area contributed by atoms with Gasteiger partial charge in [-0.3, -0.25) is 4.79 Å². The van der Waals surface area contributed by atoms with E-state index < -0.39 is 6.10 Å². The van der Waals surface area contributed by atoms with E-state index in [1.165, 1.54) is 0 Å². The Morgan fingerprint density at radius 3 is 2.65 bits per heavy atom. The number of pyridine rings is 1. The molecule has 1 amide bonds. The van der Waals surface area contributed by atoms with Crippen LogP contribution in [0.5, 0.6) is 0 Å². The van der Waals surface area contributed by atoms with Gasteiger partial charge in [-0.15, -0.1) is 0 Å². The minimum absolute atomic E-state index is 0.0573. The number of hydrogen-bond acceptors (Lipinski definition) is 5. The molecule has 0 spiro atoms. The van der Waals surface area contributed by atoms with E-state index in [2.05, 4.69) is 15.4 Å². The van der Waals surface area contributed by atoms with Crippen LogP contribution < -0.4 is 5.32 Å². The topological polar surface area (TPSA) is 89.3 Å². The van der Waals surface area contributed by atoms with Gasteiger partial charge in [0, 0.05) is 29.8 Å². The van der Waals surface area contributed by atoms with Crippen LogP contribution >= 0.6 is 0 Å². The first-order valence-corrected chi connectivity index (χ1v) is 8.45. The number of hydrogen-bond donors (Lipinski definition) is 2. The van der Waals surface area contributed by atoms with Gasteiger partial charge in [-0.25, -0.2) is 9.67 Å². The molecule has 7 nitrogen and oxygen atoms in total. The predicted molar refractivity (Wildman–Crippen MR) is 98.3 cm³/mol. The van der Waals surface area contributed by atoms with Gasteiger partial charge in [-0.2, -0.15) is 5.10 Å². The van der Waals surface area contributed by atoms with E-state index in [0.717, 1.165) is 11.1 Å². The molecular formula is C19H22N4O3. The lowest BCUT2D eigenvalue weighted by Crippen LogP contribution is -2.17. The van der Waals surface area contributed by atoms with E-state index >= 15 is 0 Å². The highest BCUT2D eigenvalue weighted by atomic mass is 16.5. The van der Waals surface area contributed by atoms with Gasteiger partial charge in [0.15, 0.2) is 5.65 Å². The molecule has 2 aromatic heterocycles. The fourth-order valence-corrected chi connectivity index (χ4v) is 2.59. The second-order valence-electron chi connectivity index (χ2n) is 6.26. The molecule has 1 aromatic carbocycles. The van der Waals surface area contributed by atoms with Crippen molar-refractivity contribution in [3.05, 3.63) is 53.9 Å². The SMILES string of the molecule is CNC(=O)c1ccc(-n2ncc3cc(C(O)COC(C)C)cnc32)cc1. The van der Waals surface area contributed by atoms with Gasteiger partial charge >= 0.3 is 0 Å². The Morgan fingerprint density at radius 2 is 2.00 bits per heavy atom. The zero-order chi connectivity index (χ0) is 18.7. The third kappa shape index (κ3) is 3.74. The molecule has 0 fully saturated rings. The molecule has 0 aliphatic heterocycles. The first kappa shape index (κ1) is 18.0. The van der Waals surface area contributed by atoms with Crippen LogP contribution in [0.3, 0.4) is 0 Å². The Kier molecular flexibility index (Phi) is 5.29. The number of aliphatic hydroxyl groups excluding tert-OH is 1. The second-order valence-corrected chi connectivity index (χ2v) is 6.26. The minimum Gasteiger partial charge on any atom is -0.386 e. The molecule has 2 N–H and O–H groups in total. The Hall–Kier alpha value is -2.77. The molecule has 26 heavy (non-hydrogen) atoms. The van der Waals surface area contributed by atoms with E-state index in [0.29, 0.717) is 16.8 Å². The summed E-state index contributed by atoms with van der Waals surface area (Å²) in [4.78, 5) is 16.1. The van der Waals surface area contributed by atoms with Crippen molar-refractivity contribution in [2.75, 3.05) is 13.7 Å². The van der Waals surface area contributed by atoms with Crippen molar-refractivity contribution in [2.24, 2.45) is 0 Å². The maximum atomic E-state index is 11.6. The largest absolute Gasteiger partial charge is 0.386 e. The minimum atomic E-state index is -0.732. The summed E-state index contributed by atoms with van der Waals surface area (Å²) in [6, 6.07) is 8.97. The molecule has 3 aromatic rings. The third-order valence-electron chi connectivity index (χ3n) is 4.00. The van der Waals surface area contributed by atoms with Gasteiger partial charge < -0.3 is 15.2 Å². The molecular weight excluding hydrogens is 332 g/mol. The number of benzene rings is 1. The average molecular weight is 354 g/mol. The lowest BCUT2D eigenvalue weighted by Gasteiger charge is -2.13. The molecule has 1 unspecified atom stereocenters. The number of rotatable bonds is 6. The zero-order valence-electron chi connectivity index (χ0n) is 15.0. The fraction of sp³-hybridized carbons (Fsp3) is 0.316. The highest BCUT2D eigenvalue weighted by Crippen LogP contribution is 2.21. The van der Waals surface area contributed by atoms with Gasteiger partial charge in [0.25, 0.3) is 5.91 Å². The number of nitrogens with one attached hydrogen (secondary N) is 1. The number of ether oxygens (including phenoxy) is 1. The summed E-state index contributed by atoms with van der Waals surface area (Å²) in [5.41, 5.74) is 2.75. The summed E-state index contributed by atoms with van der Waals surface area (Å²) < 4.78 is 7.15. The van der Waals surface area contributed by atoms with Crippen LogP contribution in [-0.4, -0.2) is 45.5 Å². The van der Waals surface area contributed by atoms with Crippen molar-refractivity contribution < 1.29 is 14.6 Å². The molecule has 0 saturated carbocycles. The van der Waals surface area contributed by atoms with E-state index in [4.69, 9.17) is 4.74 Å². The van der Waals surface area contributed by atoms with Crippen molar-refractivity contribution in [2.45, 2.75) is 26.1 Å². The molecule has 136 valence electrons. The van der Waals surface area contributed by atoms with Crippen LogP contribution in [0.1, 0.15) is 35.9 Å². The van der Waals surface area contributed by atoms with Crippen LogP contribution in [0.2, 0.25) is 0 Å². The fourth-order valence-electron chi connectivity index (χ4n) is 2.59. The number of nitrogens with zero attached hydrogens (tertiary/aromatic N) is 3. The maximum Gasteiger partial charge on any atom is 0.251 e. The highest BCUT2D eigenvalue weighted by molar-refractivity contribution is 5.94. The first-order chi connectivity index (χ1) is 12.5. The smallest absolute Gasteiger partial charge is 0.251 e. The molecule has 7 heteroatoms. The number of fused-ring (bicyclic) bond motifs is 1. The van der Waals surface area contributed by atoms with Gasteiger partial charge in [-0.05, 0) is 44.2 Å². The van der Waals surface area contributed by atoms with Gasteiger partial charge in [0.1, 0.15) is 6.10 Å². The molecule has 3 rings (SSSR count). The number of aliphatic hydroxyl groups is 1. The van der Waals surface area contributed by atoms with Crippen molar-refractivity contribution in [3.63, 3.8) is 0 Å². The molecule has 0 aliphatic rings. The standard InChI is InChI=1S/C19H22N4O3/c1-12(2)26-11-17(24)14-8-15-10-22-23(18(15)21-9-14)16-6-4-13(5-7-16)19(25)20-3/h4-10,12,17,24H,11H2,1-3H3,(H,20,25). The monoisotopic (exact) mass is 354 g/mol. The lowest BCUT2D eigenvalue weighted by molar-refractivity contribution is 0.00486. The van der Waals surface area contributed by atoms with Crippen LogP contribution in [0, 0.1) is 0 Å². The second kappa shape index (κ2) is 7.63. The van der Waals surface area contributed by atoms with Crippen molar-refractivity contribution in [3.8, 4) is 5.69 Å². The summed E-state index contributed by atoms with van der Waals surface area (Å²) in [5.74, 6) is -0.137. The van der Waals surface area contributed by atoms with Gasteiger partial charge in [0.2, 0.25) is 0 Å². The van der Waals surface area contributed by atoms with Crippen LogP contribution in [0.25, 0.3) is 16.7 Å².